The lowest BCUT2D eigenvalue weighted by atomic mass is 9.96. The summed E-state index contributed by atoms with van der Waals surface area (Å²) in [6, 6.07) is 10.0. The third-order valence-electron chi connectivity index (χ3n) is 5.03. The number of hydrogen-bond donors (Lipinski definition) is 2. The van der Waals surface area contributed by atoms with Crippen LogP contribution in [0, 0.1) is 12.8 Å². The van der Waals surface area contributed by atoms with Crippen LogP contribution in [-0.2, 0) is 11.3 Å². The van der Waals surface area contributed by atoms with Crippen molar-refractivity contribution in [3.05, 3.63) is 53.3 Å². The number of carbonyl (C=O) groups is 2. The van der Waals surface area contributed by atoms with Crippen molar-refractivity contribution in [2.75, 3.05) is 26.2 Å². The van der Waals surface area contributed by atoms with E-state index in [1.165, 1.54) is 0 Å². The van der Waals surface area contributed by atoms with Gasteiger partial charge in [0.05, 0.1) is 24.2 Å². The molecule has 0 spiro atoms. The Morgan fingerprint density at radius 2 is 2.07 bits per heavy atom. The van der Waals surface area contributed by atoms with Crippen LogP contribution < -0.4 is 11.1 Å². The fraction of sp³-hybridized carbons (Fsp3) is 0.450. The Morgan fingerprint density at radius 3 is 2.81 bits per heavy atom. The average Bonchev–Trinajstić information content (AvgIpc) is 3.06. The number of carbonyl (C=O) groups excluding carboxylic acids is 2. The zero-order valence-corrected chi connectivity index (χ0v) is 15.7. The zero-order chi connectivity index (χ0) is 19.2. The predicted octanol–water partition coefficient (Wildman–Crippen LogP) is 1.17. The van der Waals surface area contributed by atoms with Crippen LogP contribution in [0.4, 0.5) is 0 Å². The molecule has 3 N–H and O–H groups in total. The third kappa shape index (κ3) is 4.54. The molecule has 1 fully saturated rings. The van der Waals surface area contributed by atoms with E-state index in [1.54, 1.807) is 11.1 Å². The first kappa shape index (κ1) is 19.1. The number of rotatable bonds is 6. The van der Waals surface area contributed by atoms with E-state index < -0.39 is 0 Å². The van der Waals surface area contributed by atoms with Crippen LogP contribution >= 0.6 is 0 Å². The molecule has 1 aliphatic heterocycles. The molecule has 1 aromatic carbocycles. The van der Waals surface area contributed by atoms with Crippen LogP contribution in [0.25, 0.3) is 0 Å². The van der Waals surface area contributed by atoms with Gasteiger partial charge in [0.2, 0.25) is 5.91 Å². The van der Waals surface area contributed by atoms with Crippen LogP contribution in [0.3, 0.4) is 0 Å². The van der Waals surface area contributed by atoms with Crippen molar-refractivity contribution in [3.63, 3.8) is 0 Å². The minimum atomic E-state index is -0.172. The highest BCUT2D eigenvalue weighted by Gasteiger charge is 2.30. The smallest absolute Gasteiger partial charge is 0.257 e. The molecule has 0 saturated carbocycles. The lowest BCUT2D eigenvalue weighted by Gasteiger charge is -2.32. The number of amides is 2. The molecule has 1 saturated heterocycles. The highest BCUT2D eigenvalue weighted by Crippen LogP contribution is 2.20. The molecule has 1 atom stereocenters. The Kier molecular flexibility index (Phi) is 6.24. The molecule has 2 heterocycles. The normalized spacial score (nSPS) is 17.0. The zero-order valence-electron chi connectivity index (χ0n) is 15.7. The Balaban J connectivity index is 1.67. The van der Waals surface area contributed by atoms with Crippen molar-refractivity contribution in [1.82, 2.24) is 20.0 Å². The summed E-state index contributed by atoms with van der Waals surface area (Å²) in [5, 5.41) is 7.22. The minimum absolute atomic E-state index is 0.0190. The second-order valence-corrected chi connectivity index (χ2v) is 6.96. The van der Waals surface area contributed by atoms with E-state index in [-0.39, 0.29) is 17.7 Å². The van der Waals surface area contributed by atoms with Crippen molar-refractivity contribution in [3.8, 4) is 0 Å². The number of nitrogens with two attached hydrogens (primary N) is 1. The van der Waals surface area contributed by atoms with E-state index in [0.717, 1.165) is 24.1 Å². The molecule has 0 aliphatic carbocycles. The molecule has 1 aromatic heterocycles. The molecule has 144 valence electrons. The van der Waals surface area contributed by atoms with Gasteiger partial charge in [0, 0.05) is 31.9 Å². The van der Waals surface area contributed by atoms with Crippen molar-refractivity contribution < 1.29 is 9.59 Å². The van der Waals surface area contributed by atoms with E-state index in [9.17, 15) is 9.59 Å². The van der Waals surface area contributed by atoms with Crippen molar-refractivity contribution in [2.45, 2.75) is 26.3 Å². The topological polar surface area (TPSA) is 93.2 Å². The summed E-state index contributed by atoms with van der Waals surface area (Å²) in [5.41, 5.74) is 8.03. The molecule has 0 bridgehead atoms. The Morgan fingerprint density at radius 1 is 1.30 bits per heavy atom. The fourth-order valence-corrected chi connectivity index (χ4v) is 3.46. The van der Waals surface area contributed by atoms with Crippen molar-refractivity contribution in [2.24, 2.45) is 11.7 Å². The number of hydrogen-bond acceptors (Lipinski definition) is 4. The van der Waals surface area contributed by atoms with E-state index in [4.69, 9.17) is 5.73 Å². The quantitative estimate of drug-likeness (QED) is 0.799. The van der Waals surface area contributed by atoms with Gasteiger partial charge in [-0.2, -0.15) is 5.10 Å². The molecule has 1 unspecified atom stereocenters. The summed E-state index contributed by atoms with van der Waals surface area (Å²) >= 11 is 0. The van der Waals surface area contributed by atoms with E-state index in [0.29, 0.717) is 38.3 Å². The summed E-state index contributed by atoms with van der Waals surface area (Å²) in [6.07, 6.45) is 3.26. The molecular weight excluding hydrogens is 342 g/mol. The molecule has 3 rings (SSSR count). The number of likely N-dealkylation sites (tertiary alicyclic amines) is 1. The van der Waals surface area contributed by atoms with Gasteiger partial charge >= 0.3 is 0 Å². The SMILES string of the molecule is Cc1c(C(=O)N2CCCC(C(=O)NCCN)C2)cnn1Cc1ccccc1. The van der Waals surface area contributed by atoms with Gasteiger partial charge in [-0.25, -0.2) is 0 Å². The molecule has 27 heavy (non-hydrogen) atoms. The van der Waals surface area contributed by atoms with Crippen LogP contribution in [0.5, 0.6) is 0 Å². The van der Waals surface area contributed by atoms with Gasteiger partial charge < -0.3 is 16.0 Å². The Labute approximate surface area is 159 Å². The average molecular weight is 369 g/mol. The van der Waals surface area contributed by atoms with Gasteiger partial charge in [-0.1, -0.05) is 30.3 Å². The molecule has 2 amide bonds. The largest absolute Gasteiger partial charge is 0.355 e. The Hall–Kier alpha value is -2.67. The van der Waals surface area contributed by atoms with Gasteiger partial charge in [-0.05, 0) is 25.3 Å². The van der Waals surface area contributed by atoms with Crippen LogP contribution in [0.2, 0.25) is 0 Å². The standard InChI is InChI=1S/C20H27N5O2/c1-15-18(12-23-25(15)13-16-6-3-2-4-7-16)20(27)24-11-5-8-17(14-24)19(26)22-10-9-21/h2-4,6-7,12,17H,5,8-11,13-14,21H2,1H3,(H,22,26). The molecular formula is C20H27N5O2. The summed E-state index contributed by atoms with van der Waals surface area (Å²) in [4.78, 5) is 27.0. The second kappa shape index (κ2) is 8.81. The predicted molar refractivity (Wildman–Crippen MR) is 103 cm³/mol. The number of piperidine rings is 1. The molecule has 2 aromatic rings. The highest BCUT2D eigenvalue weighted by atomic mass is 16.2. The maximum Gasteiger partial charge on any atom is 0.257 e. The van der Waals surface area contributed by atoms with Gasteiger partial charge in [0.1, 0.15) is 0 Å². The van der Waals surface area contributed by atoms with Crippen LogP contribution in [0.1, 0.15) is 34.5 Å². The first-order valence-corrected chi connectivity index (χ1v) is 9.43. The maximum atomic E-state index is 13.0. The third-order valence-corrected chi connectivity index (χ3v) is 5.03. The van der Waals surface area contributed by atoms with Crippen LogP contribution in [-0.4, -0.2) is 52.7 Å². The lowest BCUT2D eigenvalue weighted by Crippen LogP contribution is -2.46. The number of benzene rings is 1. The highest BCUT2D eigenvalue weighted by molar-refractivity contribution is 5.95. The number of nitrogens with zero attached hydrogens (tertiary/aromatic N) is 3. The fourth-order valence-electron chi connectivity index (χ4n) is 3.46. The molecule has 1 aliphatic rings. The summed E-state index contributed by atoms with van der Waals surface area (Å²) < 4.78 is 1.85. The number of nitrogens with one attached hydrogen (secondary N) is 1. The van der Waals surface area contributed by atoms with Gasteiger partial charge in [0.15, 0.2) is 0 Å². The molecule has 0 radical (unpaired) electrons. The number of aromatic nitrogens is 2. The maximum absolute atomic E-state index is 13.0. The summed E-state index contributed by atoms with van der Waals surface area (Å²) in [6.45, 7) is 4.54. The van der Waals surface area contributed by atoms with E-state index in [2.05, 4.69) is 10.4 Å². The Bertz CT molecular complexity index is 787. The van der Waals surface area contributed by atoms with Crippen molar-refractivity contribution in [1.29, 1.82) is 0 Å². The summed E-state index contributed by atoms with van der Waals surface area (Å²) in [7, 11) is 0. The van der Waals surface area contributed by atoms with Crippen molar-refractivity contribution >= 4 is 11.8 Å². The monoisotopic (exact) mass is 369 g/mol. The van der Waals surface area contributed by atoms with E-state index in [1.807, 2.05) is 41.9 Å². The molecule has 7 nitrogen and oxygen atoms in total. The summed E-state index contributed by atoms with van der Waals surface area (Å²) in [5.74, 6) is -0.244. The van der Waals surface area contributed by atoms with Gasteiger partial charge in [0.25, 0.3) is 5.91 Å². The van der Waals surface area contributed by atoms with E-state index >= 15 is 0 Å². The van der Waals surface area contributed by atoms with Gasteiger partial charge in [-0.15, -0.1) is 0 Å². The minimum Gasteiger partial charge on any atom is -0.355 e. The molecule has 7 heteroatoms. The first-order chi connectivity index (χ1) is 13.1. The first-order valence-electron chi connectivity index (χ1n) is 9.43. The van der Waals surface area contributed by atoms with Crippen LogP contribution in [0.15, 0.2) is 36.5 Å². The second-order valence-electron chi connectivity index (χ2n) is 6.96. The van der Waals surface area contributed by atoms with Gasteiger partial charge in [-0.3, -0.25) is 14.3 Å². The lowest BCUT2D eigenvalue weighted by molar-refractivity contribution is -0.126.